The highest BCUT2D eigenvalue weighted by molar-refractivity contribution is 6.13. The average Bonchev–Trinajstić information content (AvgIpc) is 3.26. The van der Waals surface area contributed by atoms with Gasteiger partial charge in [0.2, 0.25) is 5.54 Å². The van der Waals surface area contributed by atoms with E-state index in [9.17, 15) is 27.6 Å². The maximum Gasteiger partial charge on any atom is 0.425 e. The molecule has 1 aromatic rings. The van der Waals surface area contributed by atoms with Gasteiger partial charge >= 0.3 is 6.18 Å². The van der Waals surface area contributed by atoms with Gasteiger partial charge in [-0.25, -0.2) is 0 Å². The van der Waals surface area contributed by atoms with Crippen LogP contribution in [-0.4, -0.2) is 40.3 Å². The van der Waals surface area contributed by atoms with E-state index >= 15 is 0 Å². The van der Waals surface area contributed by atoms with Crippen molar-refractivity contribution in [2.45, 2.75) is 83.5 Å². The first-order valence-electron chi connectivity index (χ1n) is 10.8. The van der Waals surface area contributed by atoms with Crippen LogP contribution in [0.25, 0.3) is 0 Å². The van der Waals surface area contributed by atoms with Crippen molar-refractivity contribution >= 4 is 17.6 Å². The monoisotopic (exact) mass is 450 g/mol. The second-order valence-corrected chi connectivity index (χ2v) is 9.66. The van der Waals surface area contributed by atoms with Crippen molar-refractivity contribution in [1.82, 2.24) is 10.2 Å². The van der Waals surface area contributed by atoms with E-state index in [1.807, 2.05) is 26.1 Å². The van der Waals surface area contributed by atoms with Crippen LogP contribution in [0.4, 0.5) is 13.2 Å². The molecule has 0 saturated heterocycles. The molecule has 1 aromatic carbocycles. The molecular formula is C24H29F3N2O3. The molecule has 3 rings (SSSR count). The highest BCUT2D eigenvalue weighted by atomic mass is 19.4. The maximum atomic E-state index is 14.6. The number of amides is 2. The van der Waals surface area contributed by atoms with Crippen molar-refractivity contribution in [2.24, 2.45) is 0 Å². The Balaban J connectivity index is 2.07. The van der Waals surface area contributed by atoms with Gasteiger partial charge in [0.05, 0.1) is 5.57 Å². The van der Waals surface area contributed by atoms with E-state index in [0.29, 0.717) is 12.8 Å². The van der Waals surface area contributed by atoms with Crippen LogP contribution in [0, 0.1) is 0 Å². The van der Waals surface area contributed by atoms with E-state index in [1.165, 1.54) is 19.1 Å². The number of benzene rings is 1. The van der Waals surface area contributed by atoms with Crippen molar-refractivity contribution in [3.8, 4) is 0 Å². The zero-order valence-corrected chi connectivity index (χ0v) is 19.0. The van der Waals surface area contributed by atoms with Crippen LogP contribution in [0.5, 0.6) is 0 Å². The predicted octanol–water partition coefficient (Wildman–Crippen LogP) is 4.66. The van der Waals surface area contributed by atoms with Crippen molar-refractivity contribution in [1.29, 1.82) is 0 Å². The number of alkyl halides is 3. The summed E-state index contributed by atoms with van der Waals surface area (Å²) in [5.41, 5.74) is -3.45. The number of allylic oxidation sites excluding steroid dienone is 1. The Morgan fingerprint density at radius 1 is 1.06 bits per heavy atom. The molecule has 0 spiro atoms. The van der Waals surface area contributed by atoms with E-state index in [1.54, 1.807) is 12.1 Å². The Bertz CT molecular complexity index is 968. The number of ketones is 1. The summed E-state index contributed by atoms with van der Waals surface area (Å²) in [7, 11) is 0. The summed E-state index contributed by atoms with van der Waals surface area (Å²) >= 11 is 0. The number of hydrogen-bond acceptors (Lipinski definition) is 3. The van der Waals surface area contributed by atoms with Gasteiger partial charge in [-0.15, -0.1) is 0 Å². The highest BCUT2D eigenvalue weighted by Crippen LogP contribution is 2.47. The summed E-state index contributed by atoms with van der Waals surface area (Å²) in [6.07, 6.45) is -2.49. The molecule has 1 N–H and O–H groups in total. The van der Waals surface area contributed by atoms with E-state index in [0.717, 1.165) is 30.2 Å². The third-order valence-corrected chi connectivity index (χ3v) is 6.42. The van der Waals surface area contributed by atoms with Crippen LogP contribution >= 0.6 is 0 Å². The largest absolute Gasteiger partial charge is 0.425 e. The SMILES string of the molecule is CC(=O)C1=C(C)N(C2CCCC2)C(=O)C1(NC(=O)c1ccc(C(C)(C)C)cc1)C(F)(F)F. The van der Waals surface area contributed by atoms with Crippen LogP contribution in [0.15, 0.2) is 35.5 Å². The van der Waals surface area contributed by atoms with Crippen molar-refractivity contribution < 1.29 is 27.6 Å². The molecule has 2 aliphatic rings. The van der Waals surface area contributed by atoms with Gasteiger partial charge in [0, 0.05) is 17.3 Å². The van der Waals surface area contributed by atoms with Crippen LogP contribution in [0.3, 0.4) is 0 Å². The third kappa shape index (κ3) is 3.84. The fourth-order valence-electron chi connectivity index (χ4n) is 4.77. The molecule has 1 heterocycles. The average molecular weight is 451 g/mol. The number of carbonyl (C=O) groups is 3. The first-order chi connectivity index (χ1) is 14.7. The molecule has 1 saturated carbocycles. The predicted molar refractivity (Wildman–Crippen MR) is 114 cm³/mol. The van der Waals surface area contributed by atoms with Crippen molar-refractivity contribution in [3.63, 3.8) is 0 Å². The molecule has 0 radical (unpaired) electrons. The summed E-state index contributed by atoms with van der Waals surface area (Å²) < 4.78 is 43.7. The van der Waals surface area contributed by atoms with Crippen LogP contribution in [0.1, 0.15) is 76.2 Å². The number of rotatable bonds is 4. The first-order valence-corrected chi connectivity index (χ1v) is 10.8. The maximum absolute atomic E-state index is 14.6. The van der Waals surface area contributed by atoms with Gasteiger partial charge in [-0.2, -0.15) is 13.2 Å². The molecule has 1 aliphatic carbocycles. The zero-order valence-electron chi connectivity index (χ0n) is 19.0. The Hall–Kier alpha value is -2.64. The third-order valence-electron chi connectivity index (χ3n) is 6.42. The fraction of sp³-hybridized carbons (Fsp3) is 0.542. The Morgan fingerprint density at radius 2 is 1.59 bits per heavy atom. The van der Waals surface area contributed by atoms with E-state index in [-0.39, 0.29) is 16.7 Å². The Kier molecular flexibility index (Phi) is 6.04. The second kappa shape index (κ2) is 8.05. The normalized spacial score (nSPS) is 22.6. The summed E-state index contributed by atoms with van der Waals surface area (Å²) in [6.45, 7) is 8.27. The standard InChI is InChI=1S/C24H29F3N2O3/c1-14-19(15(2)30)23(24(25,26)27,21(32)29(14)18-8-6-7-9-18)28-20(31)16-10-12-17(13-11-16)22(3,4)5/h10-13,18H,6-9H2,1-5H3,(H,28,31). The van der Waals surface area contributed by atoms with Crippen LogP contribution in [0.2, 0.25) is 0 Å². The number of nitrogens with one attached hydrogen (secondary N) is 1. The van der Waals surface area contributed by atoms with Crippen molar-refractivity contribution in [3.05, 3.63) is 46.7 Å². The number of halogens is 3. The summed E-state index contributed by atoms with van der Waals surface area (Å²) in [5, 5.41) is 1.94. The highest BCUT2D eigenvalue weighted by Gasteiger charge is 2.70. The lowest BCUT2D eigenvalue weighted by atomic mass is 9.85. The van der Waals surface area contributed by atoms with Gasteiger partial charge in [-0.3, -0.25) is 14.4 Å². The van der Waals surface area contributed by atoms with Gasteiger partial charge in [-0.1, -0.05) is 45.7 Å². The lowest BCUT2D eigenvalue weighted by Crippen LogP contribution is -2.66. The summed E-state index contributed by atoms with van der Waals surface area (Å²) in [4.78, 5) is 39.8. The summed E-state index contributed by atoms with van der Waals surface area (Å²) in [6, 6.07) is 5.78. The Labute approximate surface area is 186 Å². The summed E-state index contributed by atoms with van der Waals surface area (Å²) in [5.74, 6) is -3.26. The quantitative estimate of drug-likeness (QED) is 0.726. The first kappa shape index (κ1) is 24.0. The molecule has 1 aliphatic heterocycles. The van der Waals surface area contributed by atoms with Crippen LogP contribution in [-0.2, 0) is 15.0 Å². The second-order valence-electron chi connectivity index (χ2n) is 9.66. The minimum Gasteiger partial charge on any atom is -0.326 e. The van der Waals surface area contributed by atoms with Gasteiger partial charge < -0.3 is 10.2 Å². The lowest BCUT2D eigenvalue weighted by molar-refractivity contribution is -0.191. The number of Topliss-reactive ketones (excluding diaryl/α,β-unsaturated/α-hetero) is 1. The van der Waals surface area contributed by atoms with Gasteiger partial charge in [0.1, 0.15) is 0 Å². The number of nitrogens with zero attached hydrogens (tertiary/aromatic N) is 1. The minimum absolute atomic E-state index is 0.0192. The molecule has 5 nitrogen and oxygen atoms in total. The van der Waals surface area contributed by atoms with Gasteiger partial charge in [0.25, 0.3) is 11.8 Å². The van der Waals surface area contributed by atoms with Crippen LogP contribution < -0.4 is 5.32 Å². The Morgan fingerprint density at radius 3 is 2.03 bits per heavy atom. The van der Waals surface area contributed by atoms with E-state index in [4.69, 9.17) is 0 Å². The number of hydrogen-bond donors (Lipinski definition) is 1. The molecule has 0 bridgehead atoms. The van der Waals surface area contributed by atoms with Gasteiger partial charge in [-0.05, 0) is 49.8 Å². The smallest absolute Gasteiger partial charge is 0.326 e. The number of carbonyl (C=O) groups excluding carboxylic acids is 3. The van der Waals surface area contributed by atoms with Crippen molar-refractivity contribution in [2.75, 3.05) is 0 Å². The lowest BCUT2D eigenvalue weighted by Gasteiger charge is -2.34. The molecule has 174 valence electrons. The molecule has 32 heavy (non-hydrogen) atoms. The molecule has 1 atom stereocenters. The molecular weight excluding hydrogens is 421 g/mol. The topological polar surface area (TPSA) is 66.5 Å². The molecule has 2 amide bonds. The molecule has 1 fully saturated rings. The molecule has 1 unspecified atom stereocenters. The van der Waals surface area contributed by atoms with Gasteiger partial charge in [0.15, 0.2) is 5.78 Å². The van der Waals surface area contributed by atoms with E-state index in [2.05, 4.69) is 0 Å². The molecule has 0 aromatic heterocycles. The zero-order chi connectivity index (χ0) is 24.1. The van der Waals surface area contributed by atoms with E-state index < -0.39 is 40.9 Å². The molecule has 8 heteroatoms. The minimum atomic E-state index is -5.19. The fourth-order valence-corrected chi connectivity index (χ4v) is 4.77.